The van der Waals surface area contributed by atoms with Gasteiger partial charge in [-0.3, -0.25) is 4.98 Å². The molecule has 3 aromatic rings. The molecule has 0 aliphatic heterocycles. The van der Waals surface area contributed by atoms with Gasteiger partial charge in [0, 0.05) is 24.8 Å². The van der Waals surface area contributed by atoms with Crippen LogP contribution in [-0.2, 0) is 12.1 Å². The fraction of sp³-hybridized carbons (Fsp3) is 0.316. The minimum atomic E-state index is -4.62. The second-order valence-electron chi connectivity index (χ2n) is 6.95. The van der Waals surface area contributed by atoms with E-state index in [1.165, 1.54) is 24.3 Å². The van der Waals surface area contributed by atoms with Gasteiger partial charge in [-0.05, 0) is 38.1 Å². The SMILES string of the molecule is CC(C)Nc1nc(Nc2ccnc(C(F)(F)F)c2)nc(-c2cccc(C(C)(F)F)n2)n1. The van der Waals surface area contributed by atoms with E-state index in [1.807, 2.05) is 13.8 Å². The number of pyridine rings is 2. The van der Waals surface area contributed by atoms with Gasteiger partial charge in [-0.15, -0.1) is 0 Å². The van der Waals surface area contributed by atoms with Crippen LogP contribution in [0.5, 0.6) is 0 Å². The monoisotopic (exact) mass is 439 g/mol. The zero-order valence-corrected chi connectivity index (χ0v) is 16.7. The van der Waals surface area contributed by atoms with Crippen molar-refractivity contribution in [2.45, 2.75) is 38.9 Å². The van der Waals surface area contributed by atoms with Crippen molar-refractivity contribution in [1.82, 2.24) is 24.9 Å². The van der Waals surface area contributed by atoms with Crippen molar-refractivity contribution in [3.05, 3.63) is 47.9 Å². The van der Waals surface area contributed by atoms with Crippen LogP contribution >= 0.6 is 0 Å². The molecule has 3 rings (SSSR count). The number of aromatic nitrogens is 5. The first-order valence-electron chi connectivity index (χ1n) is 9.10. The smallest absolute Gasteiger partial charge is 0.352 e. The number of halogens is 5. The number of hydrogen-bond acceptors (Lipinski definition) is 7. The molecule has 0 radical (unpaired) electrons. The van der Waals surface area contributed by atoms with E-state index in [0.717, 1.165) is 12.3 Å². The van der Waals surface area contributed by atoms with Crippen molar-refractivity contribution in [1.29, 1.82) is 0 Å². The number of anilines is 3. The third-order valence-electron chi connectivity index (χ3n) is 3.79. The summed E-state index contributed by atoms with van der Waals surface area (Å²) in [5.41, 5.74) is -1.46. The number of rotatable bonds is 6. The lowest BCUT2D eigenvalue weighted by atomic mass is 10.2. The van der Waals surface area contributed by atoms with Crippen LogP contribution in [0, 0.1) is 0 Å². The van der Waals surface area contributed by atoms with Crippen molar-refractivity contribution >= 4 is 17.6 Å². The molecule has 0 atom stereocenters. The Morgan fingerprint density at radius 1 is 0.871 bits per heavy atom. The minimum absolute atomic E-state index is 0.0307. The molecule has 0 saturated heterocycles. The van der Waals surface area contributed by atoms with Crippen LogP contribution in [-0.4, -0.2) is 31.0 Å². The van der Waals surface area contributed by atoms with E-state index in [2.05, 4.69) is 35.6 Å². The second kappa shape index (κ2) is 8.36. The molecule has 0 spiro atoms. The van der Waals surface area contributed by atoms with Crippen molar-refractivity contribution in [3.8, 4) is 11.5 Å². The largest absolute Gasteiger partial charge is 0.433 e. The first-order valence-corrected chi connectivity index (χ1v) is 9.10. The molecule has 0 aliphatic rings. The lowest BCUT2D eigenvalue weighted by Gasteiger charge is -2.14. The Bertz CT molecular complexity index is 1060. The van der Waals surface area contributed by atoms with E-state index < -0.39 is 23.5 Å². The molecule has 3 heterocycles. The van der Waals surface area contributed by atoms with E-state index in [-0.39, 0.29) is 35.1 Å². The van der Waals surface area contributed by atoms with Crippen LogP contribution in [0.1, 0.15) is 32.2 Å². The Labute approximate surface area is 174 Å². The van der Waals surface area contributed by atoms with Gasteiger partial charge in [0.1, 0.15) is 17.1 Å². The summed E-state index contributed by atoms with van der Waals surface area (Å²) in [5.74, 6) is -3.20. The zero-order chi connectivity index (χ0) is 22.8. The number of nitrogens with one attached hydrogen (secondary N) is 2. The Hall–Kier alpha value is -3.44. The summed E-state index contributed by atoms with van der Waals surface area (Å²) >= 11 is 0. The van der Waals surface area contributed by atoms with Crippen LogP contribution in [0.15, 0.2) is 36.5 Å². The Morgan fingerprint density at radius 2 is 1.58 bits per heavy atom. The molecule has 0 amide bonds. The molecule has 0 fully saturated rings. The van der Waals surface area contributed by atoms with Gasteiger partial charge < -0.3 is 10.6 Å². The van der Waals surface area contributed by atoms with E-state index >= 15 is 0 Å². The van der Waals surface area contributed by atoms with Crippen molar-refractivity contribution < 1.29 is 22.0 Å². The van der Waals surface area contributed by atoms with Crippen molar-refractivity contribution in [2.75, 3.05) is 10.6 Å². The minimum Gasteiger partial charge on any atom is -0.352 e. The molecule has 0 aromatic carbocycles. The summed E-state index contributed by atoms with van der Waals surface area (Å²) in [4.78, 5) is 19.7. The predicted octanol–water partition coefficient (Wildman–Crippen LogP) is 5.02. The average molecular weight is 439 g/mol. The maximum Gasteiger partial charge on any atom is 0.433 e. The van der Waals surface area contributed by atoms with E-state index in [1.54, 1.807) is 0 Å². The molecule has 0 bridgehead atoms. The first-order chi connectivity index (χ1) is 14.4. The molecule has 0 unspecified atom stereocenters. The molecule has 0 aliphatic carbocycles. The van der Waals surface area contributed by atoms with Gasteiger partial charge in [0.25, 0.3) is 5.92 Å². The van der Waals surface area contributed by atoms with Gasteiger partial charge in [-0.1, -0.05) is 6.07 Å². The van der Waals surface area contributed by atoms with Crippen molar-refractivity contribution in [3.63, 3.8) is 0 Å². The standard InChI is InChI=1S/C19H18F5N7/c1-10(2)26-16-29-15(12-5-4-6-13(28-12)18(3,20)21)30-17(31-16)27-11-7-8-25-14(9-11)19(22,23)24/h4-10H,1-3H3,(H2,25,26,27,29,30,31). The van der Waals surface area contributed by atoms with E-state index in [0.29, 0.717) is 6.92 Å². The Balaban J connectivity index is 2.02. The summed E-state index contributed by atoms with van der Waals surface area (Å²) in [7, 11) is 0. The van der Waals surface area contributed by atoms with E-state index in [9.17, 15) is 22.0 Å². The maximum absolute atomic E-state index is 13.7. The zero-order valence-electron chi connectivity index (χ0n) is 16.7. The van der Waals surface area contributed by atoms with Crippen molar-refractivity contribution in [2.24, 2.45) is 0 Å². The Morgan fingerprint density at radius 3 is 2.23 bits per heavy atom. The van der Waals surface area contributed by atoms with Gasteiger partial charge in [0.15, 0.2) is 5.82 Å². The molecule has 0 saturated carbocycles. The maximum atomic E-state index is 13.7. The summed E-state index contributed by atoms with van der Waals surface area (Å²) in [5, 5.41) is 5.62. The molecule has 31 heavy (non-hydrogen) atoms. The number of nitrogens with zero attached hydrogens (tertiary/aromatic N) is 5. The lowest BCUT2D eigenvalue weighted by Crippen LogP contribution is -2.15. The normalized spacial score (nSPS) is 12.2. The van der Waals surface area contributed by atoms with Gasteiger partial charge >= 0.3 is 6.18 Å². The molecule has 164 valence electrons. The summed E-state index contributed by atoms with van der Waals surface area (Å²) < 4.78 is 66.1. The van der Waals surface area contributed by atoms with Crippen LogP contribution in [0.4, 0.5) is 39.5 Å². The van der Waals surface area contributed by atoms with Crippen LogP contribution < -0.4 is 10.6 Å². The van der Waals surface area contributed by atoms with E-state index in [4.69, 9.17) is 0 Å². The molecule has 2 N–H and O–H groups in total. The first kappa shape index (κ1) is 22.2. The lowest BCUT2D eigenvalue weighted by molar-refractivity contribution is -0.141. The highest BCUT2D eigenvalue weighted by Gasteiger charge is 2.32. The third kappa shape index (κ3) is 5.80. The number of hydrogen-bond donors (Lipinski definition) is 2. The van der Waals surface area contributed by atoms with Crippen LogP contribution in [0.25, 0.3) is 11.5 Å². The predicted molar refractivity (Wildman–Crippen MR) is 104 cm³/mol. The fourth-order valence-corrected chi connectivity index (χ4v) is 2.47. The van der Waals surface area contributed by atoms with Crippen LogP contribution in [0.3, 0.4) is 0 Å². The quantitative estimate of drug-likeness (QED) is 0.521. The highest BCUT2D eigenvalue weighted by molar-refractivity contribution is 5.59. The summed E-state index contributed by atoms with van der Waals surface area (Å²) in [6, 6.07) is 6.04. The highest BCUT2D eigenvalue weighted by Crippen LogP contribution is 2.30. The van der Waals surface area contributed by atoms with Gasteiger partial charge in [-0.2, -0.15) is 36.9 Å². The average Bonchev–Trinajstić information content (AvgIpc) is 2.66. The topological polar surface area (TPSA) is 88.5 Å². The molecular weight excluding hydrogens is 421 g/mol. The van der Waals surface area contributed by atoms with Gasteiger partial charge in [0.2, 0.25) is 11.9 Å². The van der Waals surface area contributed by atoms with Crippen LogP contribution in [0.2, 0.25) is 0 Å². The third-order valence-corrected chi connectivity index (χ3v) is 3.79. The van der Waals surface area contributed by atoms with Gasteiger partial charge in [-0.25, -0.2) is 4.98 Å². The summed E-state index contributed by atoms with van der Waals surface area (Å²) in [6.45, 7) is 4.37. The number of alkyl halides is 5. The second-order valence-corrected chi connectivity index (χ2v) is 6.95. The Kier molecular flexibility index (Phi) is 6.00. The molecule has 3 aromatic heterocycles. The highest BCUT2D eigenvalue weighted by atomic mass is 19.4. The molecule has 12 heteroatoms. The summed E-state index contributed by atoms with van der Waals surface area (Å²) in [6.07, 6.45) is -3.63. The fourth-order valence-electron chi connectivity index (χ4n) is 2.47. The molecule has 7 nitrogen and oxygen atoms in total. The van der Waals surface area contributed by atoms with Gasteiger partial charge in [0.05, 0.1) is 0 Å². The molecular formula is C19H18F5N7.